The molecule has 0 bridgehead atoms. The molecule has 1 unspecified atom stereocenters. The summed E-state index contributed by atoms with van der Waals surface area (Å²) in [5.74, 6) is -0.0794. The van der Waals surface area contributed by atoms with E-state index in [2.05, 4.69) is 5.32 Å². The fourth-order valence-electron chi connectivity index (χ4n) is 1.78. The van der Waals surface area contributed by atoms with Gasteiger partial charge in [0.25, 0.3) is 5.91 Å². The summed E-state index contributed by atoms with van der Waals surface area (Å²) in [6, 6.07) is 5.15. The third kappa shape index (κ3) is 4.44. The Balaban J connectivity index is 2.70. The SMILES string of the molecule is CCCC(O)CNc1ccc(C(=O)N(C)C)cc1N. The number of carbonyl (C=O) groups is 1. The molecule has 0 aromatic heterocycles. The molecular formula is C14H23N3O2. The van der Waals surface area contributed by atoms with Gasteiger partial charge < -0.3 is 21.1 Å². The van der Waals surface area contributed by atoms with E-state index in [1.165, 1.54) is 4.90 Å². The van der Waals surface area contributed by atoms with Crippen molar-refractivity contribution >= 4 is 17.3 Å². The van der Waals surface area contributed by atoms with Crippen LogP contribution < -0.4 is 11.1 Å². The van der Waals surface area contributed by atoms with Crippen molar-refractivity contribution in [2.45, 2.75) is 25.9 Å². The quantitative estimate of drug-likeness (QED) is 0.682. The molecule has 1 rings (SSSR count). The number of amides is 1. The van der Waals surface area contributed by atoms with E-state index in [1.807, 2.05) is 6.92 Å². The third-order valence-corrected chi connectivity index (χ3v) is 2.85. The van der Waals surface area contributed by atoms with Crippen LogP contribution in [0.15, 0.2) is 18.2 Å². The molecule has 0 saturated carbocycles. The zero-order valence-electron chi connectivity index (χ0n) is 11.8. The molecule has 0 saturated heterocycles. The average Bonchev–Trinajstić information content (AvgIpc) is 2.36. The van der Waals surface area contributed by atoms with Crippen molar-refractivity contribution in [2.75, 3.05) is 31.7 Å². The summed E-state index contributed by atoms with van der Waals surface area (Å²) in [7, 11) is 3.40. The minimum atomic E-state index is -0.382. The van der Waals surface area contributed by atoms with Gasteiger partial charge in [0.05, 0.1) is 17.5 Å². The minimum absolute atomic E-state index is 0.0794. The van der Waals surface area contributed by atoms with Crippen LogP contribution >= 0.6 is 0 Å². The number of aliphatic hydroxyl groups is 1. The van der Waals surface area contributed by atoms with Gasteiger partial charge in [-0.3, -0.25) is 4.79 Å². The maximum absolute atomic E-state index is 11.8. The number of nitrogens with two attached hydrogens (primary N) is 1. The number of rotatable bonds is 6. The lowest BCUT2D eigenvalue weighted by atomic mass is 10.1. The number of hydrogen-bond acceptors (Lipinski definition) is 4. The van der Waals surface area contributed by atoms with Crippen LogP contribution in [0.2, 0.25) is 0 Å². The molecule has 4 N–H and O–H groups in total. The van der Waals surface area contributed by atoms with Gasteiger partial charge in [-0.1, -0.05) is 13.3 Å². The van der Waals surface area contributed by atoms with E-state index < -0.39 is 0 Å². The first kappa shape index (κ1) is 15.3. The molecule has 19 heavy (non-hydrogen) atoms. The molecule has 0 spiro atoms. The van der Waals surface area contributed by atoms with E-state index in [1.54, 1.807) is 32.3 Å². The number of aliphatic hydroxyl groups excluding tert-OH is 1. The normalized spacial score (nSPS) is 12.0. The highest BCUT2D eigenvalue weighted by Crippen LogP contribution is 2.20. The second-order valence-corrected chi connectivity index (χ2v) is 4.83. The zero-order valence-corrected chi connectivity index (χ0v) is 11.8. The average molecular weight is 265 g/mol. The summed E-state index contributed by atoms with van der Waals surface area (Å²) in [5.41, 5.74) is 7.71. The van der Waals surface area contributed by atoms with Gasteiger partial charge in [0.1, 0.15) is 0 Å². The number of nitrogen functional groups attached to an aromatic ring is 1. The fraction of sp³-hybridized carbons (Fsp3) is 0.500. The largest absolute Gasteiger partial charge is 0.397 e. The standard InChI is InChI=1S/C14H23N3O2/c1-4-5-11(18)9-16-13-7-6-10(8-12(13)15)14(19)17(2)3/h6-8,11,16,18H,4-5,9,15H2,1-3H3. The predicted octanol–water partition coefficient (Wildman–Crippen LogP) is 1.54. The first-order valence-corrected chi connectivity index (χ1v) is 6.48. The molecule has 1 aromatic rings. The topological polar surface area (TPSA) is 78.6 Å². The van der Waals surface area contributed by atoms with Crippen LogP contribution in [0.3, 0.4) is 0 Å². The maximum Gasteiger partial charge on any atom is 0.253 e. The Labute approximate surface area is 114 Å². The lowest BCUT2D eigenvalue weighted by Gasteiger charge is -2.15. The third-order valence-electron chi connectivity index (χ3n) is 2.85. The van der Waals surface area contributed by atoms with Crippen molar-refractivity contribution in [1.29, 1.82) is 0 Å². The number of anilines is 2. The molecule has 0 fully saturated rings. The maximum atomic E-state index is 11.8. The highest BCUT2D eigenvalue weighted by atomic mass is 16.3. The van der Waals surface area contributed by atoms with Gasteiger partial charge in [-0.05, 0) is 24.6 Å². The Morgan fingerprint density at radius 2 is 2.16 bits per heavy atom. The Morgan fingerprint density at radius 3 is 2.68 bits per heavy atom. The second kappa shape index (κ2) is 6.99. The van der Waals surface area contributed by atoms with Crippen molar-refractivity contribution in [3.05, 3.63) is 23.8 Å². The highest BCUT2D eigenvalue weighted by Gasteiger charge is 2.10. The van der Waals surface area contributed by atoms with Gasteiger partial charge in [0, 0.05) is 26.2 Å². The van der Waals surface area contributed by atoms with E-state index in [0.29, 0.717) is 17.8 Å². The van der Waals surface area contributed by atoms with E-state index >= 15 is 0 Å². The molecule has 0 radical (unpaired) electrons. The van der Waals surface area contributed by atoms with Crippen LogP contribution in [0.4, 0.5) is 11.4 Å². The molecule has 1 aromatic carbocycles. The zero-order chi connectivity index (χ0) is 14.4. The Morgan fingerprint density at radius 1 is 1.47 bits per heavy atom. The first-order valence-electron chi connectivity index (χ1n) is 6.48. The lowest BCUT2D eigenvalue weighted by molar-refractivity contribution is 0.0827. The molecule has 1 amide bonds. The van der Waals surface area contributed by atoms with E-state index in [4.69, 9.17) is 5.73 Å². The van der Waals surface area contributed by atoms with Crippen LogP contribution in [0.5, 0.6) is 0 Å². The van der Waals surface area contributed by atoms with Gasteiger partial charge in [-0.2, -0.15) is 0 Å². The summed E-state index contributed by atoms with van der Waals surface area (Å²) in [6.07, 6.45) is 1.31. The van der Waals surface area contributed by atoms with Crippen molar-refractivity contribution in [3.8, 4) is 0 Å². The Bertz CT molecular complexity index is 433. The monoisotopic (exact) mass is 265 g/mol. The summed E-state index contributed by atoms with van der Waals surface area (Å²) in [4.78, 5) is 13.3. The van der Waals surface area contributed by atoms with Gasteiger partial charge >= 0.3 is 0 Å². The van der Waals surface area contributed by atoms with E-state index in [-0.39, 0.29) is 12.0 Å². The van der Waals surface area contributed by atoms with Crippen molar-refractivity contribution < 1.29 is 9.90 Å². The molecule has 5 nitrogen and oxygen atoms in total. The van der Waals surface area contributed by atoms with Crippen LogP contribution in [-0.2, 0) is 0 Å². The summed E-state index contributed by atoms with van der Waals surface area (Å²) in [6.45, 7) is 2.48. The Hall–Kier alpha value is -1.75. The number of nitrogens with one attached hydrogen (secondary N) is 1. The molecule has 1 atom stereocenters. The van der Waals surface area contributed by atoms with Gasteiger partial charge in [-0.25, -0.2) is 0 Å². The smallest absolute Gasteiger partial charge is 0.253 e. The van der Waals surface area contributed by atoms with Crippen LogP contribution in [-0.4, -0.2) is 42.7 Å². The van der Waals surface area contributed by atoms with Gasteiger partial charge in [0.2, 0.25) is 0 Å². The molecule has 0 heterocycles. The molecular weight excluding hydrogens is 242 g/mol. The van der Waals surface area contributed by atoms with Crippen LogP contribution in [0, 0.1) is 0 Å². The van der Waals surface area contributed by atoms with Crippen molar-refractivity contribution in [1.82, 2.24) is 4.90 Å². The first-order chi connectivity index (χ1) is 8.95. The highest BCUT2D eigenvalue weighted by molar-refractivity contribution is 5.95. The summed E-state index contributed by atoms with van der Waals surface area (Å²) >= 11 is 0. The van der Waals surface area contributed by atoms with Gasteiger partial charge in [0.15, 0.2) is 0 Å². The minimum Gasteiger partial charge on any atom is -0.397 e. The van der Waals surface area contributed by atoms with Crippen LogP contribution in [0.25, 0.3) is 0 Å². The molecule has 106 valence electrons. The van der Waals surface area contributed by atoms with Crippen molar-refractivity contribution in [2.24, 2.45) is 0 Å². The molecule has 0 aliphatic heterocycles. The number of nitrogens with zero attached hydrogens (tertiary/aromatic N) is 1. The number of benzene rings is 1. The molecule has 5 heteroatoms. The molecule has 0 aliphatic carbocycles. The number of hydrogen-bond donors (Lipinski definition) is 3. The van der Waals surface area contributed by atoms with E-state index in [9.17, 15) is 9.90 Å². The summed E-state index contributed by atoms with van der Waals surface area (Å²) in [5, 5.41) is 12.7. The molecule has 0 aliphatic rings. The lowest BCUT2D eigenvalue weighted by Crippen LogP contribution is -2.22. The van der Waals surface area contributed by atoms with Crippen molar-refractivity contribution in [3.63, 3.8) is 0 Å². The van der Waals surface area contributed by atoms with E-state index in [0.717, 1.165) is 18.5 Å². The summed E-state index contributed by atoms with van der Waals surface area (Å²) < 4.78 is 0. The fourth-order valence-corrected chi connectivity index (χ4v) is 1.78. The van der Waals surface area contributed by atoms with Gasteiger partial charge in [-0.15, -0.1) is 0 Å². The second-order valence-electron chi connectivity index (χ2n) is 4.83. The predicted molar refractivity (Wildman–Crippen MR) is 78.3 cm³/mol. The van der Waals surface area contributed by atoms with Crippen LogP contribution in [0.1, 0.15) is 30.1 Å². The Kier molecular flexibility index (Phi) is 5.63. The number of carbonyl (C=O) groups excluding carboxylic acids is 1.